The van der Waals surface area contributed by atoms with Crippen LogP contribution in [0.2, 0.25) is 0 Å². The highest BCUT2D eigenvalue weighted by Gasteiger charge is 2.24. The number of ether oxygens (including phenoxy) is 4. The van der Waals surface area contributed by atoms with E-state index < -0.39 is 6.09 Å². The second-order valence-corrected chi connectivity index (χ2v) is 8.93. The number of hydrogen-bond donors (Lipinski definition) is 0. The van der Waals surface area contributed by atoms with Crippen LogP contribution in [0.3, 0.4) is 0 Å². The molecule has 0 aliphatic heterocycles. The van der Waals surface area contributed by atoms with Gasteiger partial charge in [0.25, 0.3) is 6.47 Å². The molecule has 0 saturated heterocycles. The number of carbonyl (C=O) groups is 2. The van der Waals surface area contributed by atoms with Gasteiger partial charge in [0.1, 0.15) is 24.2 Å². The predicted molar refractivity (Wildman–Crippen MR) is 133 cm³/mol. The number of benzene rings is 2. The van der Waals surface area contributed by atoms with Gasteiger partial charge in [-0.15, -0.1) is 11.3 Å². The first-order valence-corrected chi connectivity index (χ1v) is 12.0. The van der Waals surface area contributed by atoms with Gasteiger partial charge < -0.3 is 23.8 Å². The molecule has 0 saturated carbocycles. The molecule has 0 fully saturated rings. The Labute approximate surface area is 209 Å². The Balaban J connectivity index is 1.66. The molecule has 1 heterocycles. The van der Waals surface area contributed by atoms with Crippen molar-refractivity contribution in [1.29, 1.82) is 0 Å². The number of carbonyl (C=O) groups excluding carboxylic acids is 2. The monoisotopic (exact) mass is 498 g/mol. The molecule has 35 heavy (non-hydrogen) atoms. The smallest absolute Gasteiger partial charge is 0.410 e. The van der Waals surface area contributed by atoms with Gasteiger partial charge in [-0.2, -0.15) is 0 Å². The molecular formula is C26H30N2O6S. The Morgan fingerprint density at radius 1 is 1.14 bits per heavy atom. The molecule has 186 valence electrons. The van der Waals surface area contributed by atoms with Gasteiger partial charge in [-0.05, 0) is 24.1 Å². The highest BCUT2D eigenvalue weighted by molar-refractivity contribution is 7.09. The van der Waals surface area contributed by atoms with Gasteiger partial charge in [0.15, 0.2) is 0 Å². The van der Waals surface area contributed by atoms with Crippen LogP contribution in [0.5, 0.6) is 11.5 Å². The Bertz CT molecular complexity index is 1100. The molecule has 8 nitrogen and oxygen atoms in total. The summed E-state index contributed by atoms with van der Waals surface area (Å²) in [5.74, 6) is 1.15. The van der Waals surface area contributed by atoms with Crippen molar-refractivity contribution in [2.45, 2.75) is 31.9 Å². The van der Waals surface area contributed by atoms with Crippen LogP contribution in [-0.2, 0) is 27.2 Å². The number of nitrogens with zero attached hydrogens (tertiary/aromatic N) is 2. The summed E-state index contributed by atoms with van der Waals surface area (Å²) in [5, 5.41) is 0. The van der Waals surface area contributed by atoms with Crippen LogP contribution in [0.15, 0.2) is 54.0 Å². The van der Waals surface area contributed by atoms with Gasteiger partial charge in [-0.25, -0.2) is 9.78 Å². The fraction of sp³-hybridized carbons (Fsp3) is 0.346. The van der Waals surface area contributed by atoms with E-state index in [0.717, 1.165) is 21.7 Å². The van der Waals surface area contributed by atoms with Crippen molar-refractivity contribution < 1.29 is 28.5 Å². The molecule has 3 aromatic rings. The lowest BCUT2D eigenvalue weighted by atomic mass is 9.95. The summed E-state index contributed by atoms with van der Waals surface area (Å²) < 4.78 is 21.4. The van der Waals surface area contributed by atoms with E-state index in [1.807, 2.05) is 49.4 Å². The third-order valence-corrected chi connectivity index (χ3v) is 6.37. The topological polar surface area (TPSA) is 87.2 Å². The van der Waals surface area contributed by atoms with Crippen LogP contribution in [0.25, 0.3) is 0 Å². The van der Waals surface area contributed by atoms with E-state index in [1.54, 1.807) is 32.8 Å². The first-order valence-electron chi connectivity index (χ1n) is 11.1. The molecule has 2 unspecified atom stereocenters. The largest absolute Gasteiger partial charge is 0.497 e. The molecular weight excluding hydrogens is 468 g/mol. The molecule has 2 aromatic carbocycles. The highest BCUT2D eigenvalue weighted by Crippen LogP contribution is 2.30. The molecule has 2 atom stereocenters. The Kier molecular flexibility index (Phi) is 9.48. The molecule has 0 N–H and O–H groups in total. The Morgan fingerprint density at radius 3 is 2.60 bits per heavy atom. The first-order chi connectivity index (χ1) is 17.0. The molecule has 0 spiro atoms. The summed E-state index contributed by atoms with van der Waals surface area (Å²) in [7, 11) is 4.88. The molecule has 1 aromatic heterocycles. The minimum atomic E-state index is -0.440. The number of thiazole rings is 1. The van der Waals surface area contributed by atoms with Crippen molar-refractivity contribution in [2.75, 3.05) is 27.9 Å². The molecule has 9 heteroatoms. The van der Waals surface area contributed by atoms with E-state index in [4.69, 9.17) is 18.9 Å². The maximum Gasteiger partial charge on any atom is 0.410 e. The van der Waals surface area contributed by atoms with Crippen LogP contribution in [0, 0.1) is 0 Å². The van der Waals surface area contributed by atoms with Crippen molar-refractivity contribution in [3.8, 4) is 11.5 Å². The lowest BCUT2D eigenvalue weighted by Crippen LogP contribution is -2.31. The summed E-state index contributed by atoms with van der Waals surface area (Å²) in [6.45, 7) is 2.77. The zero-order chi connectivity index (χ0) is 25.2. The maximum absolute atomic E-state index is 12.8. The van der Waals surface area contributed by atoms with E-state index in [2.05, 4.69) is 4.98 Å². The van der Waals surface area contributed by atoms with Crippen LogP contribution in [0.4, 0.5) is 4.79 Å². The van der Waals surface area contributed by atoms with Gasteiger partial charge in [0.2, 0.25) is 0 Å². The SMILES string of the molecule is COc1ccc(CC(C)OC(=O)N(C)Cc2scnc2C(COC=O)c2ccccc2)c(OC)c1. The summed E-state index contributed by atoms with van der Waals surface area (Å²) in [4.78, 5) is 30.6. The predicted octanol–water partition coefficient (Wildman–Crippen LogP) is 4.66. The van der Waals surface area contributed by atoms with E-state index in [0.29, 0.717) is 30.9 Å². The summed E-state index contributed by atoms with van der Waals surface area (Å²) in [6, 6.07) is 15.3. The second kappa shape index (κ2) is 12.8. The summed E-state index contributed by atoms with van der Waals surface area (Å²) >= 11 is 1.45. The van der Waals surface area contributed by atoms with Gasteiger partial charge in [-0.1, -0.05) is 36.4 Å². The normalized spacial score (nSPS) is 12.3. The fourth-order valence-corrected chi connectivity index (χ4v) is 4.63. The van der Waals surface area contributed by atoms with Crippen molar-refractivity contribution in [3.05, 3.63) is 75.7 Å². The zero-order valence-electron chi connectivity index (χ0n) is 20.3. The van der Waals surface area contributed by atoms with Gasteiger partial charge in [-0.3, -0.25) is 4.79 Å². The van der Waals surface area contributed by atoms with Gasteiger partial charge >= 0.3 is 6.09 Å². The van der Waals surface area contributed by atoms with Crippen LogP contribution in [-0.4, -0.2) is 56.4 Å². The molecule has 0 aliphatic rings. The average Bonchev–Trinajstić information content (AvgIpc) is 3.32. The number of methoxy groups -OCH3 is 2. The molecule has 0 bridgehead atoms. The lowest BCUT2D eigenvalue weighted by molar-refractivity contribution is -0.128. The summed E-state index contributed by atoms with van der Waals surface area (Å²) in [5.41, 5.74) is 4.41. The second-order valence-electron chi connectivity index (χ2n) is 7.99. The fourth-order valence-electron chi connectivity index (χ4n) is 3.75. The minimum Gasteiger partial charge on any atom is -0.497 e. The molecule has 1 amide bonds. The third kappa shape index (κ3) is 6.95. The standard InChI is InChI=1S/C26H30N2O6S/c1-18(12-20-10-11-21(31-3)13-23(20)32-4)34-26(30)28(2)14-24-25(27-16-35-24)22(15-33-17-29)19-8-6-5-7-9-19/h5-11,13,16-18,22H,12,14-15H2,1-4H3. The Morgan fingerprint density at radius 2 is 1.91 bits per heavy atom. The number of rotatable bonds is 12. The van der Waals surface area contributed by atoms with Gasteiger partial charge in [0.05, 0.1) is 37.9 Å². The van der Waals surface area contributed by atoms with E-state index in [9.17, 15) is 9.59 Å². The maximum atomic E-state index is 12.8. The van der Waals surface area contributed by atoms with E-state index in [-0.39, 0.29) is 18.6 Å². The summed E-state index contributed by atoms with van der Waals surface area (Å²) in [6.07, 6.45) is -0.312. The van der Waals surface area contributed by atoms with E-state index in [1.165, 1.54) is 16.2 Å². The van der Waals surface area contributed by atoms with Gasteiger partial charge in [0, 0.05) is 24.4 Å². The van der Waals surface area contributed by atoms with E-state index >= 15 is 0 Å². The zero-order valence-corrected chi connectivity index (χ0v) is 21.1. The highest BCUT2D eigenvalue weighted by atomic mass is 32.1. The van der Waals surface area contributed by atoms with Crippen LogP contribution >= 0.6 is 11.3 Å². The Hall–Kier alpha value is -3.59. The van der Waals surface area contributed by atoms with Crippen molar-refractivity contribution in [2.24, 2.45) is 0 Å². The van der Waals surface area contributed by atoms with Crippen molar-refractivity contribution in [3.63, 3.8) is 0 Å². The van der Waals surface area contributed by atoms with Crippen LogP contribution in [0.1, 0.15) is 34.5 Å². The van der Waals surface area contributed by atoms with Crippen molar-refractivity contribution in [1.82, 2.24) is 9.88 Å². The molecule has 0 aliphatic carbocycles. The number of hydrogen-bond acceptors (Lipinski definition) is 8. The number of amides is 1. The molecule has 0 radical (unpaired) electrons. The third-order valence-electron chi connectivity index (χ3n) is 5.53. The average molecular weight is 499 g/mol. The number of aromatic nitrogens is 1. The lowest BCUT2D eigenvalue weighted by Gasteiger charge is -2.22. The van der Waals surface area contributed by atoms with Crippen LogP contribution < -0.4 is 9.47 Å². The minimum absolute atomic E-state index is 0.166. The quantitative estimate of drug-likeness (QED) is 0.336. The first kappa shape index (κ1) is 26.0. The van der Waals surface area contributed by atoms with Crippen molar-refractivity contribution >= 4 is 23.9 Å². The molecule has 3 rings (SSSR count).